The van der Waals surface area contributed by atoms with Crippen LogP contribution in [0.2, 0.25) is 0 Å². The summed E-state index contributed by atoms with van der Waals surface area (Å²) in [5.41, 5.74) is 1.09. The van der Waals surface area contributed by atoms with Crippen molar-refractivity contribution in [3.8, 4) is 5.75 Å². The van der Waals surface area contributed by atoms with E-state index < -0.39 is 5.60 Å². The zero-order chi connectivity index (χ0) is 19.6. The monoisotopic (exact) mass is 393 g/mol. The number of halogens is 1. The molecule has 1 aromatic carbocycles. The third kappa shape index (κ3) is 2.50. The normalized spacial score (nSPS) is 30.7. The van der Waals surface area contributed by atoms with E-state index in [1.54, 1.807) is 22.8 Å². The van der Waals surface area contributed by atoms with E-state index in [1.807, 2.05) is 29.3 Å². The third-order valence-electron chi connectivity index (χ3n) is 6.38. The van der Waals surface area contributed by atoms with Crippen LogP contribution < -0.4 is 4.74 Å². The minimum atomic E-state index is -0.778. The Morgan fingerprint density at radius 3 is 2.79 bits per heavy atom. The van der Waals surface area contributed by atoms with E-state index >= 15 is 0 Å². The van der Waals surface area contributed by atoms with Crippen LogP contribution in [0.5, 0.6) is 5.75 Å². The van der Waals surface area contributed by atoms with Crippen molar-refractivity contribution in [2.45, 2.75) is 49.7 Å². The average molecular weight is 393 g/mol. The van der Waals surface area contributed by atoms with Crippen LogP contribution in [0.4, 0.5) is 4.39 Å². The third-order valence-corrected chi connectivity index (χ3v) is 6.38. The Morgan fingerprint density at radius 1 is 1.14 bits per heavy atom. The number of nitrogens with zero attached hydrogens (tertiary/aromatic N) is 3. The predicted molar refractivity (Wildman–Crippen MR) is 102 cm³/mol. The molecule has 3 aromatic rings. The number of ether oxygens (including phenoxy) is 2. The second kappa shape index (κ2) is 6.03. The quantitative estimate of drug-likeness (QED) is 0.684. The van der Waals surface area contributed by atoms with Gasteiger partial charge in [0.1, 0.15) is 29.4 Å². The van der Waals surface area contributed by atoms with E-state index in [0.29, 0.717) is 12.8 Å². The molecule has 3 fully saturated rings. The first-order chi connectivity index (χ1) is 14.1. The van der Waals surface area contributed by atoms with Gasteiger partial charge in [0, 0.05) is 25.1 Å². The summed E-state index contributed by atoms with van der Waals surface area (Å²) in [7, 11) is 0. The molecule has 6 nitrogen and oxygen atoms in total. The van der Waals surface area contributed by atoms with Crippen LogP contribution in [0.1, 0.15) is 37.3 Å². The molecule has 1 aliphatic carbocycles. The molecule has 0 bridgehead atoms. The Balaban J connectivity index is 1.18. The van der Waals surface area contributed by atoms with Crippen molar-refractivity contribution in [1.82, 2.24) is 14.5 Å². The number of carbonyl (C=O) groups is 1. The van der Waals surface area contributed by atoms with Crippen LogP contribution >= 0.6 is 0 Å². The molecule has 2 atom stereocenters. The maximum Gasteiger partial charge on any atom is 0.257 e. The standard InChI is InChI=1S/C22H20FN3O3/c23-15-5-3-14(4-6-15)17-7-8-20-26(17)21(27)22(29-20)12-16(13-22)28-19-9-10-24-25-11-1-2-18(19)25/h1-6,9-11,16-17,20H,7-8,12-13H2/t16?,17-,20+,22?/m0/s1. The topological polar surface area (TPSA) is 56.1 Å². The molecule has 4 heterocycles. The number of aromatic nitrogens is 2. The summed E-state index contributed by atoms with van der Waals surface area (Å²) >= 11 is 0. The molecular formula is C22H20FN3O3. The minimum Gasteiger partial charge on any atom is -0.488 e. The van der Waals surface area contributed by atoms with Crippen LogP contribution in [0.25, 0.3) is 5.52 Å². The van der Waals surface area contributed by atoms with Gasteiger partial charge in [0.2, 0.25) is 0 Å². The van der Waals surface area contributed by atoms with Crippen LogP contribution in [-0.2, 0) is 9.53 Å². The highest BCUT2D eigenvalue weighted by molar-refractivity contribution is 5.89. The Labute approximate surface area is 166 Å². The lowest BCUT2D eigenvalue weighted by molar-refractivity contribution is -0.162. The Hall–Kier alpha value is -2.93. The largest absolute Gasteiger partial charge is 0.488 e. The van der Waals surface area contributed by atoms with Gasteiger partial charge >= 0.3 is 0 Å². The SMILES string of the molecule is O=C1N2[C@@H](CC[C@H]2c2ccc(F)cc2)OC12CC(Oc1ccnn3cccc13)C2. The fourth-order valence-electron chi connectivity index (χ4n) is 4.96. The molecule has 2 saturated heterocycles. The van der Waals surface area contributed by atoms with E-state index in [1.165, 1.54) is 12.1 Å². The Morgan fingerprint density at radius 2 is 1.97 bits per heavy atom. The van der Waals surface area contributed by atoms with Crippen LogP contribution in [0.15, 0.2) is 54.9 Å². The molecule has 1 saturated carbocycles. The van der Waals surface area contributed by atoms with E-state index in [9.17, 15) is 9.18 Å². The highest BCUT2D eigenvalue weighted by Crippen LogP contribution is 2.52. The predicted octanol–water partition coefficient (Wildman–Crippen LogP) is 3.47. The number of hydrogen-bond donors (Lipinski definition) is 0. The summed E-state index contributed by atoms with van der Waals surface area (Å²) in [6, 6.07) is 12.1. The van der Waals surface area contributed by atoms with Gasteiger partial charge in [0.25, 0.3) is 5.91 Å². The van der Waals surface area contributed by atoms with Crippen molar-refractivity contribution in [2.75, 3.05) is 0 Å². The van der Waals surface area contributed by atoms with Crippen LogP contribution in [0.3, 0.4) is 0 Å². The lowest BCUT2D eigenvalue weighted by atomic mass is 9.76. The first-order valence-corrected chi connectivity index (χ1v) is 9.98. The van der Waals surface area contributed by atoms with Crippen LogP contribution in [-0.4, -0.2) is 38.4 Å². The summed E-state index contributed by atoms with van der Waals surface area (Å²) in [6.07, 6.45) is 6.04. The van der Waals surface area contributed by atoms with Gasteiger partial charge in [-0.3, -0.25) is 4.79 Å². The molecule has 0 unspecified atom stereocenters. The van der Waals surface area contributed by atoms with Gasteiger partial charge in [0.15, 0.2) is 5.60 Å². The maximum absolute atomic E-state index is 13.3. The molecule has 29 heavy (non-hydrogen) atoms. The van der Waals surface area contributed by atoms with Gasteiger partial charge in [-0.15, -0.1) is 0 Å². The minimum absolute atomic E-state index is 0.0386. The fourth-order valence-corrected chi connectivity index (χ4v) is 4.96. The Kier molecular flexibility index (Phi) is 3.53. The summed E-state index contributed by atoms with van der Waals surface area (Å²) in [5.74, 6) is 0.535. The number of fused-ring (bicyclic) bond motifs is 2. The molecule has 3 aliphatic rings. The van der Waals surface area contributed by atoms with Gasteiger partial charge in [-0.1, -0.05) is 12.1 Å². The summed E-state index contributed by atoms with van der Waals surface area (Å²) in [6.45, 7) is 0. The molecule has 1 spiro atoms. The molecule has 0 N–H and O–H groups in total. The van der Waals surface area contributed by atoms with Crippen molar-refractivity contribution < 1.29 is 18.7 Å². The molecule has 148 valence electrons. The van der Waals surface area contributed by atoms with Gasteiger partial charge in [0.05, 0.1) is 12.2 Å². The number of carbonyl (C=O) groups excluding carboxylic acids is 1. The van der Waals surface area contributed by atoms with E-state index in [-0.39, 0.29) is 30.1 Å². The number of hydrogen-bond acceptors (Lipinski definition) is 4. The zero-order valence-corrected chi connectivity index (χ0v) is 15.7. The van der Waals surface area contributed by atoms with Crippen molar-refractivity contribution in [1.29, 1.82) is 0 Å². The van der Waals surface area contributed by atoms with Crippen LogP contribution in [0, 0.1) is 5.82 Å². The second-order valence-corrected chi connectivity index (χ2v) is 8.11. The first-order valence-electron chi connectivity index (χ1n) is 9.98. The summed E-state index contributed by atoms with van der Waals surface area (Å²) in [5, 5.41) is 4.24. The van der Waals surface area contributed by atoms with E-state index in [4.69, 9.17) is 9.47 Å². The molecule has 7 heteroatoms. The molecular weight excluding hydrogens is 373 g/mol. The lowest BCUT2D eigenvalue weighted by Crippen LogP contribution is -2.56. The first kappa shape index (κ1) is 17.0. The van der Waals surface area contributed by atoms with Crippen molar-refractivity contribution in [2.24, 2.45) is 0 Å². The van der Waals surface area contributed by atoms with Gasteiger partial charge in [-0.05, 0) is 42.7 Å². The smallest absolute Gasteiger partial charge is 0.257 e. The van der Waals surface area contributed by atoms with Crippen molar-refractivity contribution in [3.05, 3.63) is 66.2 Å². The van der Waals surface area contributed by atoms with Crippen molar-refractivity contribution >= 4 is 11.4 Å². The molecule has 6 rings (SSSR count). The number of benzene rings is 1. The van der Waals surface area contributed by atoms with Crippen molar-refractivity contribution in [3.63, 3.8) is 0 Å². The second-order valence-electron chi connectivity index (χ2n) is 8.11. The maximum atomic E-state index is 13.3. The Bertz CT molecular complexity index is 1090. The summed E-state index contributed by atoms with van der Waals surface area (Å²) < 4.78 is 27.4. The van der Waals surface area contributed by atoms with Gasteiger partial charge in [-0.2, -0.15) is 5.10 Å². The highest BCUT2D eigenvalue weighted by atomic mass is 19.1. The van der Waals surface area contributed by atoms with E-state index in [2.05, 4.69) is 5.10 Å². The number of amides is 1. The average Bonchev–Trinajstić information content (AvgIpc) is 3.39. The molecule has 2 aromatic heterocycles. The summed E-state index contributed by atoms with van der Waals surface area (Å²) in [4.78, 5) is 15.1. The zero-order valence-electron chi connectivity index (χ0n) is 15.7. The van der Waals surface area contributed by atoms with Gasteiger partial charge < -0.3 is 14.4 Å². The molecule has 0 radical (unpaired) electrons. The molecule has 1 amide bonds. The highest BCUT2D eigenvalue weighted by Gasteiger charge is 2.63. The number of rotatable bonds is 3. The fraction of sp³-hybridized carbons (Fsp3) is 0.364. The van der Waals surface area contributed by atoms with Gasteiger partial charge in [-0.25, -0.2) is 8.91 Å². The molecule has 2 aliphatic heterocycles. The lowest BCUT2D eigenvalue weighted by Gasteiger charge is -2.42. The van der Waals surface area contributed by atoms with E-state index in [0.717, 1.165) is 29.7 Å².